The first-order valence-corrected chi connectivity index (χ1v) is 6.10. The zero-order valence-electron chi connectivity index (χ0n) is 11.2. The third-order valence-corrected chi connectivity index (χ3v) is 3.35. The highest BCUT2D eigenvalue weighted by molar-refractivity contribution is 5.69. The Morgan fingerprint density at radius 1 is 1.00 bits per heavy atom. The zero-order valence-corrected chi connectivity index (χ0v) is 11.2. The van der Waals surface area contributed by atoms with Crippen LogP contribution >= 0.6 is 0 Å². The fourth-order valence-corrected chi connectivity index (χ4v) is 2.06. The van der Waals surface area contributed by atoms with Crippen LogP contribution in [0.3, 0.4) is 0 Å². The van der Waals surface area contributed by atoms with Crippen LogP contribution in [0.5, 0.6) is 5.75 Å². The predicted molar refractivity (Wildman–Crippen MR) is 75.8 cm³/mol. The summed E-state index contributed by atoms with van der Waals surface area (Å²) in [5.41, 5.74) is 11.9. The molecule has 0 fully saturated rings. The number of methoxy groups -OCH3 is 1. The van der Waals surface area contributed by atoms with E-state index in [0.717, 1.165) is 11.3 Å². The van der Waals surface area contributed by atoms with Crippen molar-refractivity contribution in [2.45, 2.75) is 20.4 Å². The highest BCUT2D eigenvalue weighted by atomic mass is 16.5. The lowest BCUT2D eigenvalue weighted by Gasteiger charge is -2.11. The average molecular weight is 241 g/mol. The maximum absolute atomic E-state index is 5.82. The van der Waals surface area contributed by atoms with Gasteiger partial charge in [0.2, 0.25) is 0 Å². The van der Waals surface area contributed by atoms with Crippen LogP contribution in [0, 0.1) is 13.8 Å². The molecule has 0 atom stereocenters. The van der Waals surface area contributed by atoms with Gasteiger partial charge < -0.3 is 10.5 Å². The maximum atomic E-state index is 5.82. The van der Waals surface area contributed by atoms with Gasteiger partial charge in [-0.3, -0.25) is 0 Å². The summed E-state index contributed by atoms with van der Waals surface area (Å²) < 4.78 is 5.23. The molecule has 2 heteroatoms. The molecule has 0 saturated heterocycles. The maximum Gasteiger partial charge on any atom is 0.119 e. The monoisotopic (exact) mass is 241 g/mol. The number of benzene rings is 2. The Hall–Kier alpha value is -1.80. The van der Waals surface area contributed by atoms with Gasteiger partial charge in [-0.1, -0.05) is 24.3 Å². The second-order valence-electron chi connectivity index (χ2n) is 4.53. The molecule has 0 unspecified atom stereocenters. The molecule has 2 aromatic carbocycles. The molecule has 2 nitrogen and oxygen atoms in total. The van der Waals surface area contributed by atoms with Gasteiger partial charge in [0.15, 0.2) is 0 Å². The molecule has 0 aromatic heterocycles. The highest BCUT2D eigenvalue weighted by Crippen LogP contribution is 2.28. The number of rotatable bonds is 3. The van der Waals surface area contributed by atoms with E-state index in [4.69, 9.17) is 10.5 Å². The molecule has 0 radical (unpaired) electrons. The van der Waals surface area contributed by atoms with Crippen molar-refractivity contribution in [2.24, 2.45) is 5.73 Å². The van der Waals surface area contributed by atoms with E-state index in [1.807, 2.05) is 12.1 Å². The standard InChI is InChI=1S/C16H19NO/c1-11-4-5-13(8-12(11)2)16-7-6-15(18-3)9-14(16)10-17/h4-9H,10,17H2,1-3H3. The van der Waals surface area contributed by atoms with Gasteiger partial charge in [-0.15, -0.1) is 0 Å². The number of ether oxygens (including phenoxy) is 1. The summed E-state index contributed by atoms with van der Waals surface area (Å²) in [6.45, 7) is 4.76. The van der Waals surface area contributed by atoms with Gasteiger partial charge >= 0.3 is 0 Å². The van der Waals surface area contributed by atoms with Crippen molar-refractivity contribution in [3.05, 3.63) is 53.1 Å². The van der Waals surface area contributed by atoms with Crippen molar-refractivity contribution in [3.63, 3.8) is 0 Å². The van der Waals surface area contributed by atoms with Crippen LogP contribution in [-0.4, -0.2) is 7.11 Å². The minimum absolute atomic E-state index is 0.513. The molecule has 0 aliphatic carbocycles. The summed E-state index contributed by atoms with van der Waals surface area (Å²) in [5.74, 6) is 0.850. The summed E-state index contributed by atoms with van der Waals surface area (Å²) in [7, 11) is 1.67. The summed E-state index contributed by atoms with van der Waals surface area (Å²) in [5, 5.41) is 0. The van der Waals surface area contributed by atoms with E-state index in [2.05, 4.69) is 38.1 Å². The molecule has 0 aliphatic heterocycles. The van der Waals surface area contributed by atoms with Crippen molar-refractivity contribution in [2.75, 3.05) is 7.11 Å². The lowest BCUT2D eigenvalue weighted by molar-refractivity contribution is 0.414. The highest BCUT2D eigenvalue weighted by Gasteiger charge is 2.06. The zero-order chi connectivity index (χ0) is 13.1. The van der Waals surface area contributed by atoms with Crippen molar-refractivity contribution in [3.8, 4) is 16.9 Å². The molecule has 94 valence electrons. The molecular weight excluding hydrogens is 222 g/mol. The molecule has 0 bridgehead atoms. The number of hydrogen-bond donors (Lipinski definition) is 1. The van der Waals surface area contributed by atoms with E-state index >= 15 is 0 Å². The van der Waals surface area contributed by atoms with Gasteiger partial charge in [0.25, 0.3) is 0 Å². The van der Waals surface area contributed by atoms with Gasteiger partial charge in [0.1, 0.15) is 5.75 Å². The van der Waals surface area contributed by atoms with Crippen LogP contribution in [0.25, 0.3) is 11.1 Å². The van der Waals surface area contributed by atoms with Crippen molar-refractivity contribution >= 4 is 0 Å². The largest absolute Gasteiger partial charge is 0.497 e. The Balaban J connectivity index is 2.52. The first-order chi connectivity index (χ1) is 8.65. The Labute approximate surface area is 108 Å². The summed E-state index contributed by atoms with van der Waals surface area (Å²) in [6.07, 6.45) is 0. The molecule has 0 saturated carbocycles. The molecular formula is C16H19NO. The Morgan fingerprint density at radius 3 is 2.39 bits per heavy atom. The van der Waals surface area contributed by atoms with Gasteiger partial charge in [-0.2, -0.15) is 0 Å². The Morgan fingerprint density at radius 2 is 1.78 bits per heavy atom. The second-order valence-corrected chi connectivity index (χ2v) is 4.53. The number of aryl methyl sites for hydroxylation is 2. The van der Waals surface area contributed by atoms with Crippen LogP contribution in [0.1, 0.15) is 16.7 Å². The second kappa shape index (κ2) is 5.23. The number of nitrogens with two attached hydrogens (primary N) is 1. The van der Waals surface area contributed by atoms with E-state index in [1.165, 1.54) is 22.3 Å². The third kappa shape index (κ3) is 2.39. The Kier molecular flexibility index (Phi) is 3.68. The normalized spacial score (nSPS) is 10.4. The van der Waals surface area contributed by atoms with E-state index in [9.17, 15) is 0 Å². The van der Waals surface area contributed by atoms with Crippen LogP contribution in [-0.2, 0) is 6.54 Å². The molecule has 2 rings (SSSR count). The quantitative estimate of drug-likeness (QED) is 0.893. The van der Waals surface area contributed by atoms with E-state index < -0.39 is 0 Å². The average Bonchev–Trinajstić information content (AvgIpc) is 2.41. The fraction of sp³-hybridized carbons (Fsp3) is 0.250. The Bertz CT molecular complexity index is 561. The predicted octanol–water partition coefficient (Wildman–Crippen LogP) is 3.44. The molecule has 0 heterocycles. The molecule has 2 aromatic rings. The first-order valence-electron chi connectivity index (χ1n) is 6.10. The summed E-state index contributed by atoms with van der Waals surface area (Å²) in [6, 6.07) is 12.5. The lowest BCUT2D eigenvalue weighted by Crippen LogP contribution is -2.00. The van der Waals surface area contributed by atoms with E-state index in [0.29, 0.717) is 6.54 Å². The lowest BCUT2D eigenvalue weighted by atomic mass is 9.96. The van der Waals surface area contributed by atoms with E-state index in [-0.39, 0.29) is 0 Å². The molecule has 2 N–H and O–H groups in total. The minimum atomic E-state index is 0.513. The van der Waals surface area contributed by atoms with Crippen LogP contribution in [0.15, 0.2) is 36.4 Å². The van der Waals surface area contributed by atoms with Crippen molar-refractivity contribution in [1.82, 2.24) is 0 Å². The summed E-state index contributed by atoms with van der Waals surface area (Å²) >= 11 is 0. The topological polar surface area (TPSA) is 35.2 Å². The first kappa shape index (κ1) is 12.7. The van der Waals surface area contributed by atoms with Gasteiger partial charge in [0.05, 0.1) is 7.11 Å². The summed E-state index contributed by atoms with van der Waals surface area (Å²) in [4.78, 5) is 0. The fourth-order valence-electron chi connectivity index (χ4n) is 2.06. The van der Waals surface area contributed by atoms with Crippen LogP contribution in [0.4, 0.5) is 0 Å². The third-order valence-electron chi connectivity index (χ3n) is 3.35. The van der Waals surface area contributed by atoms with Crippen LogP contribution in [0.2, 0.25) is 0 Å². The molecule has 0 amide bonds. The molecule has 18 heavy (non-hydrogen) atoms. The van der Waals surface area contributed by atoms with Gasteiger partial charge in [-0.25, -0.2) is 0 Å². The molecule has 0 aliphatic rings. The van der Waals surface area contributed by atoms with Crippen molar-refractivity contribution < 1.29 is 4.74 Å². The smallest absolute Gasteiger partial charge is 0.119 e. The van der Waals surface area contributed by atoms with Gasteiger partial charge in [0, 0.05) is 6.54 Å². The van der Waals surface area contributed by atoms with E-state index in [1.54, 1.807) is 7.11 Å². The SMILES string of the molecule is COc1ccc(-c2ccc(C)c(C)c2)c(CN)c1. The van der Waals surface area contributed by atoms with Gasteiger partial charge in [-0.05, 0) is 53.8 Å². The minimum Gasteiger partial charge on any atom is -0.497 e. The number of hydrogen-bond acceptors (Lipinski definition) is 2. The van der Waals surface area contributed by atoms with Crippen molar-refractivity contribution in [1.29, 1.82) is 0 Å². The molecule has 0 spiro atoms. The van der Waals surface area contributed by atoms with Crippen LogP contribution < -0.4 is 10.5 Å².